The molecule has 0 bridgehead atoms. The highest BCUT2D eigenvalue weighted by Gasteiger charge is 2.23. The van der Waals surface area contributed by atoms with Gasteiger partial charge in [-0.2, -0.15) is 0 Å². The molecule has 0 heterocycles. The third-order valence-electron chi connectivity index (χ3n) is 3.48. The zero-order valence-electron chi connectivity index (χ0n) is 11.6. The zero-order chi connectivity index (χ0) is 15.3. The molecule has 1 saturated carbocycles. The van der Waals surface area contributed by atoms with Crippen LogP contribution in [0, 0.1) is 23.6 Å². The quantitative estimate of drug-likeness (QED) is 0.812. The smallest absolute Gasteiger partial charge is 0.243 e. The highest BCUT2D eigenvalue weighted by atomic mass is 32.2. The summed E-state index contributed by atoms with van der Waals surface area (Å²) < 4.78 is 40.5. The summed E-state index contributed by atoms with van der Waals surface area (Å²) in [4.78, 5) is -0.352. The molecular weight excluding hydrogens is 293 g/mol. The van der Waals surface area contributed by atoms with Gasteiger partial charge in [-0.15, -0.1) is 0 Å². The Balaban J connectivity index is 2.10. The van der Waals surface area contributed by atoms with Gasteiger partial charge in [0.25, 0.3) is 0 Å². The molecule has 1 fully saturated rings. The van der Waals surface area contributed by atoms with Gasteiger partial charge in [-0.3, -0.25) is 0 Å². The lowest BCUT2D eigenvalue weighted by molar-refractivity contribution is 0.305. The average molecular weight is 311 g/mol. The molecule has 0 amide bonds. The molecule has 114 valence electrons. The van der Waals surface area contributed by atoms with Gasteiger partial charge >= 0.3 is 0 Å². The van der Waals surface area contributed by atoms with E-state index in [-0.39, 0.29) is 11.5 Å². The summed E-state index contributed by atoms with van der Waals surface area (Å²) in [5, 5.41) is 8.61. The van der Waals surface area contributed by atoms with E-state index in [9.17, 15) is 12.8 Å². The molecule has 0 atom stereocenters. The minimum absolute atomic E-state index is 0.0625. The van der Waals surface area contributed by atoms with Crippen molar-refractivity contribution in [2.45, 2.75) is 30.6 Å². The summed E-state index contributed by atoms with van der Waals surface area (Å²) >= 11 is 0. The first-order chi connectivity index (χ1) is 10.0. The van der Waals surface area contributed by atoms with Crippen molar-refractivity contribution in [1.82, 2.24) is 4.72 Å². The fourth-order valence-electron chi connectivity index (χ4n) is 2.02. The van der Waals surface area contributed by atoms with Crippen molar-refractivity contribution in [2.75, 3.05) is 13.2 Å². The van der Waals surface area contributed by atoms with E-state index in [2.05, 4.69) is 16.6 Å². The second-order valence-electron chi connectivity index (χ2n) is 5.07. The number of halogens is 1. The number of sulfonamides is 1. The van der Waals surface area contributed by atoms with Crippen LogP contribution in [0.3, 0.4) is 0 Å². The van der Waals surface area contributed by atoms with Gasteiger partial charge in [0.2, 0.25) is 10.0 Å². The largest absolute Gasteiger partial charge is 0.395 e. The lowest BCUT2D eigenvalue weighted by Crippen LogP contribution is -2.32. The molecule has 1 aliphatic carbocycles. The van der Waals surface area contributed by atoms with E-state index in [1.807, 2.05) is 0 Å². The van der Waals surface area contributed by atoms with Crippen molar-refractivity contribution in [1.29, 1.82) is 0 Å². The van der Waals surface area contributed by atoms with Gasteiger partial charge in [-0.1, -0.05) is 18.3 Å². The van der Waals surface area contributed by atoms with E-state index in [0.29, 0.717) is 24.4 Å². The van der Waals surface area contributed by atoms with Crippen LogP contribution < -0.4 is 4.72 Å². The highest BCUT2D eigenvalue weighted by molar-refractivity contribution is 7.89. The average Bonchev–Trinajstić information content (AvgIpc) is 2.37. The molecule has 1 aromatic carbocycles. The minimum Gasteiger partial charge on any atom is -0.395 e. The van der Waals surface area contributed by atoms with Gasteiger partial charge in [0.05, 0.1) is 6.61 Å². The Labute approximate surface area is 124 Å². The Bertz CT molecular complexity index is 657. The van der Waals surface area contributed by atoms with Gasteiger partial charge in [-0.25, -0.2) is 17.5 Å². The number of benzene rings is 1. The van der Waals surface area contributed by atoms with E-state index < -0.39 is 15.8 Å². The zero-order valence-corrected chi connectivity index (χ0v) is 12.4. The van der Waals surface area contributed by atoms with Crippen LogP contribution in [-0.4, -0.2) is 26.7 Å². The van der Waals surface area contributed by atoms with E-state index in [4.69, 9.17) is 5.11 Å². The number of aliphatic hydroxyl groups is 1. The van der Waals surface area contributed by atoms with Gasteiger partial charge in [0.15, 0.2) is 0 Å². The Hall–Kier alpha value is -1.42. The van der Waals surface area contributed by atoms with E-state index >= 15 is 0 Å². The van der Waals surface area contributed by atoms with Crippen LogP contribution in [0.15, 0.2) is 23.1 Å². The summed E-state index contributed by atoms with van der Waals surface area (Å²) in [5.41, 5.74) is 0.388. The molecule has 21 heavy (non-hydrogen) atoms. The van der Waals surface area contributed by atoms with Crippen molar-refractivity contribution in [2.24, 2.45) is 5.92 Å². The molecule has 0 saturated heterocycles. The molecule has 1 aliphatic rings. The monoisotopic (exact) mass is 311 g/mol. The first-order valence-corrected chi connectivity index (χ1v) is 8.40. The number of aliphatic hydroxyl groups excluding tert-OH is 1. The van der Waals surface area contributed by atoms with Gasteiger partial charge in [-0.05, 0) is 37.0 Å². The third kappa shape index (κ3) is 4.27. The van der Waals surface area contributed by atoms with E-state index in [0.717, 1.165) is 25.3 Å². The third-order valence-corrected chi connectivity index (χ3v) is 4.93. The minimum atomic E-state index is -3.82. The summed E-state index contributed by atoms with van der Waals surface area (Å²) in [7, 11) is -3.82. The second-order valence-corrected chi connectivity index (χ2v) is 6.80. The van der Waals surface area contributed by atoms with Crippen LogP contribution in [0.1, 0.15) is 31.2 Å². The van der Waals surface area contributed by atoms with Crippen LogP contribution in [-0.2, 0) is 10.0 Å². The molecule has 2 rings (SSSR count). The predicted octanol–water partition coefficient (Wildman–Crippen LogP) is 1.64. The topological polar surface area (TPSA) is 66.4 Å². The molecule has 0 spiro atoms. The summed E-state index contributed by atoms with van der Waals surface area (Å²) in [6.07, 6.45) is 3.46. The Kier molecular flexibility index (Phi) is 5.34. The van der Waals surface area contributed by atoms with Crippen molar-refractivity contribution in [3.05, 3.63) is 29.6 Å². The Morgan fingerprint density at radius 3 is 2.71 bits per heavy atom. The van der Waals surface area contributed by atoms with Crippen LogP contribution in [0.5, 0.6) is 0 Å². The maximum absolute atomic E-state index is 13.9. The van der Waals surface area contributed by atoms with Crippen LogP contribution in [0.4, 0.5) is 4.39 Å². The molecule has 0 radical (unpaired) electrons. The molecule has 4 nitrogen and oxygen atoms in total. The molecule has 2 N–H and O–H groups in total. The molecule has 0 aromatic heterocycles. The standard InChI is InChI=1S/C15H18FNO3S/c16-14-10-12(4-1-2-9-18)7-8-15(14)21(19,20)17-11-13-5-3-6-13/h7-8,10,13,17-18H,2-3,5-6,9,11H2. The van der Waals surface area contributed by atoms with E-state index in [1.165, 1.54) is 12.1 Å². The molecule has 1 aromatic rings. The van der Waals surface area contributed by atoms with Crippen molar-refractivity contribution >= 4 is 10.0 Å². The van der Waals surface area contributed by atoms with Gasteiger partial charge in [0.1, 0.15) is 10.7 Å². The molecule has 0 aliphatic heterocycles. The van der Waals surface area contributed by atoms with Gasteiger partial charge in [0, 0.05) is 18.5 Å². The van der Waals surface area contributed by atoms with Crippen molar-refractivity contribution in [3.63, 3.8) is 0 Å². The van der Waals surface area contributed by atoms with Crippen molar-refractivity contribution < 1.29 is 17.9 Å². The summed E-state index contributed by atoms with van der Waals surface area (Å²) in [6.45, 7) is 0.298. The predicted molar refractivity (Wildman–Crippen MR) is 77.5 cm³/mol. The lowest BCUT2D eigenvalue weighted by atomic mass is 9.86. The molecule has 6 heteroatoms. The molecule has 0 unspecified atom stereocenters. The summed E-state index contributed by atoms with van der Waals surface area (Å²) in [5.74, 6) is 4.88. The number of hydrogen-bond donors (Lipinski definition) is 2. The maximum atomic E-state index is 13.9. The van der Waals surface area contributed by atoms with Crippen LogP contribution in [0.25, 0.3) is 0 Å². The van der Waals surface area contributed by atoms with Crippen LogP contribution >= 0.6 is 0 Å². The van der Waals surface area contributed by atoms with E-state index in [1.54, 1.807) is 0 Å². The fourth-order valence-corrected chi connectivity index (χ4v) is 3.19. The normalized spacial score (nSPS) is 15.1. The number of rotatable bonds is 5. The lowest BCUT2D eigenvalue weighted by Gasteiger charge is -2.25. The first-order valence-electron chi connectivity index (χ1n) is 6.92. The van der Waals surface area contributed by atoms with Crippen molar-refractivity contribution in [3.8, 4) is 11.8 Å². The number of hydrogen-bond acceptors (Lipinski definition) is 3. The first kappa shape index (κ1) is 16.0. The Morgan fingerprint density at radius 2 is 2.14 bits per heavy atom. The Morgan fingerprint density at radius 1 is 1.38 bits per heavy atom. The van der Waals surface area contributed by atoms with Crippen LogP contribution in [0.2, 0.25) is 0 Å². The fraction of sp³-hybridized carbons (Fsp3) is 0.467. The highest BCUT2D eigenvalue weighted by Crippen LogP contribution is 2.26. The van der Waals surface area contributed by atoms with Gasteiger partial charge < -0.3 is 5.11 Å². The maximum Gasteiger partial charge on any atom is 0.243 e. The second kappa shape index (κ2) is 7.03. The number of nitrogens with one attached hydrogen (secondary N) is 1. The SMILES string of the molecule is O=S(=O)(NCC1CCC1)c1ccc(C#CCCO)cc1F. The summed E-state index contributed by atoms with van der Waals surface area (Å²) in [6, 6.07) is 3.79. The molecular formula is C15H18FNO3S.